The molecule has 0 unspecified atom stereocenters. The number of nitrogens with zero attached hydrogens (tertiary/aromatic N) is 2. The quantitative estimate of drug-likeness (QED) is 0.389. The summed E-state index contributed by atoms with van der Waals surface area (Å²) in [6, 6.07) is 11.0. The normalized spacial score (nSPS) is 10.7. The lowest BCUT2D eigenvalue weighted by Crippen LogP contribution is -2.14. The molecule has 2 aromatic carbocycles. The minimum absolute atomic E-state index is 0.281. The average molecular weight is 341 g/mol. The summed E-state index contributed by atoms with van der Waals surface area (Å²) in [4.78, 5) is 22.2. The summed E-state index contributed by atoms with van der Waals surface area (Å²) in [5, 5.41) is 22.0. The molecule has 0 bridgehead atoms. The largest absolute Gasteiger partial charge is 0.497 e. The molecule has 126 valence electrons. The van der Waals surface area contributed by atoms with Crippen LogP contribution in [0.15, 0.2) is 48.0 Å². The van der Waals surface area contributed by atoms with Gasteiger partial charge in [0.25, 0.3) is 11.6 Å². The summed E-state index contributed by atoms with van der Waals surface area (Å²) in [6.45, 7) is 0. The highest BCUT2D eigenvalue weighted by Gasteiger charge is 2.15. The van der Waals surface area contributed by atoms with Crippen LogP contribution in [0.5, 0.6) is 5.75 Å². The van der Waals surface area contributed by atoms with Crippen molar-refractivity contribution in [2.75, 3.05) is 12.4 Å². The van der Waals surface area contributed by atoms with Gasteiger partial charge in [0.05, 0.1) is 17.7 Å². The standard InChI is InChI=1S/C17H12FN3O4/c1-25-14-5-2-11(3-6-14)8-12(10-19)17(22)20-16-9-13(21(23)24)4-7-15(16)18/h2-9H,1H3,(H,20,22)/b12-8-. The zero-order valence-electron chi connectivity index (χ0n) is 13.0. The van der Waals surface area contributed by atoms with Gasteiger partial charge in [-0.3, -0.25) is 14.9 Å². The highest BCUT2D eigenvalue weighted by Crippen LogP contribution is 2.22. The average Bonchev–Trinajstić information content (AvgIpc) is 2.61. The van der Waals surface area contributed by atoms with E-state index in [1.165, 1.54) is 13.2 Å². The maximum Gasteiger partial charge on any atom is 0.271 e. The van der Waals surface area contributed by atoms with Crippen LogP contribution in [-0.4, -0.2) is 17.9 Å². The van der Waals surface area contributed by atoms with Gasteiger partial charge in [-0.1, -0.05) is 12.1 Å². The number of rotatable bonds is 5. The zero-order valence-corrected chi connectivity index (χ0v) is 13.0. The molecule has 0 atom stereocenters. The molecule has 0 saturated heterocycles. The van der Waals surface area contributed by atoms with E-state index in [9.17, 15) is 19.3 Å². The Labute approximate surface area is 142 Å². The van der Waals surface area contributed by atoms with Gasteiger partial charge >= 0.3 is 0 Å². The molecule has 0 heterocycles. The Hall–Kier alpha value is -3.73. The van der Waals surface area contributed by atoms with Crippen LogP contribution >= 0.6 is 0 Å². The fraction of sp³-hybridized carbons (Fsp3) is 0.0588. The summed E-state index contributed by atoms with van der Waals surface area (Å²) in [5.74, 6) is -1.11. The van der Waals surface area contributed by atoms with Gasteiger partial charge in [-0.2, -0.15) is 5.26 Å². The predicted molar refractivity (Wildman–Crippen MR) is 88.3 cm³/mol. The van der Waals surface area contributed by atoms with E-state index in [4.69, 9.17) is 10.00 Å². The molecule has 0 fully saturated rings. The Morgan fingerprint density at radius 3 is 2.56 bits per heavy atom. The summed E-state index contributed by atoms with van der Waals surface area (Å²) in [5.41, 5.74) is -0.479. The minimum Gasteiger partial charge on any atom is -0.497 e. The van der Waals surface area contributed by atoms with E-state index in [-0.39, 0.29) is 16.9 Å². The second-order valence-electron chi connectivity index (χ2n) is 4.82. The third-order valence-electron chi connectivity index (χ3n) is 3.20. The fourth-order valence-electron chi connectivity index (χ4n) is 1.93. The zero-order chi connectivity index (χ0) is 18.4. The van der Waals surface area contributed by atoms with Crippen molar-refractivity contribution < 1.29 is 18.8 Å². The lowest BCUT2D eigenvalue weighted by molar-refractivity contribution is -0.384. The Kier molecular flexibility index (Phi) is 5.43. The highest BCUT2D eigenvalue weighted by atomic mass is 19.1. The molecule has 2 aromatic rings. The molecule has 0 spiro atoms. The first-order chi connectivity index (χ1) is 11.9. The number of carbonyl (C=O) groups is 1. The molecular formula is C17H12FN3O4. The summed E-state index contributed by atoms with van der Waals surface area (Å²) < 4.78 is 18.7. The monoisotopic (exact) mass is 341 g/mol. The van der Waals surface area contributed by atoms with Crippen molar-refractivity contribution in [1.29, 1.82) is 5.26 Å². The molecule has 0 radical (unpaired) electrons. The number of nitro benzene ring substituents is 1. The van der Waals surface area contributed by atoms with Crippen LogP contribution < -0.4 is 10.1 Å². The highest BCUT2D eigenvalue weighted by molar-refractivity contribution is 6.09. The number of nitriles is 1. The van der Waals surface area contributed by atoms with E-state index < -0.39 is 16.6 Å². The van der Waals surface area contributed by atoms with E-state index in [0.29, 0.717) is 11.3 Å². The van der Waals surface area contributed by atoms with E-state index in [1.807, 2.05) is 0 Å². The van der Waals surface area contributed by atoms with Crippen LogP contribution in [0.4, 0.5) is 15.8 Å². The summed E-state index contributed by atoms with van der Waals surface area (Å²) >= 11 is 0. The number of methoxy groups -OCH3 is 1. The number of non-ortho nitro benzene ring substituents is 1. The first-order valence-corrected chi connectivity index (χ1v) is 6.95. The van der Waals surface area contributed by atoms with Crippen LogP contribution in [0.25, 0.3) is 6.08 Å². The van der Waals surface area contributed by atoms with Gasteiger partial charge in [-0.05, 0) is 29.8 Å². The van der Waals surface area contributed by atoms with Crippen molar-refractivity contribution in [2.45, 2.75) is 0 Å². The molecule has 0 aliphatic heterocycles. The van der Waals surface area contributed by atoms with Crippen molar-refractivity contribution >= 4 is 23.4 Å². The fourth-order valence-corrected chi connectivity index (χ4v) is 1.93. The molecule has 0 aliphatic carbocycles. The molecule has 25 heavy (non-hydrogen) atoms. The third-order valence-corrected chi connectivity index (χ3v) is 3.20. The Morgan fingerprint density at radius 1 is 1.32 bits per heavy atom. The number of benzene rings is 2. The minimum atomic E-state index is -0.877. The van der Waals surface area contributed by atoms with Crippen LogP contribution in [0, 0.1) is 27.3 Å². The number of carbonyl (C=O) groups excluding carboxylic acids is 1. The van der Waals surface area contributed by atoms with Gasteiger partial charge in [-0.25, -0.2) is 4.39 Å². The summed E-state index contributed by atoms with van der Waals surface area (Å²) in [6.07, 6.45) is 1.31. The molecule has 8 heteroatoms. The van der Waals surface area contributed by atoms with Gasteiger partial charge in [-0.15, -0.1) is 0 Å². The van der Waals surface area contributed by atoms with Crippen molar-refractivity contribution in [3.05, 3.63) is 69.5 Å². The third kappa shape index (κ3) is 4.39. The van der Waals surface area contributed by atoms with Crippen LogP contribution in [0.2, 0.25) is 0 Å². The number of hydrogen-bond acceptors (Lipinski definition) is 5. The molecule has 0 saturated carbocycles. The maximum atomic E-state index is 13.7. The van der Waals surface area contributed by atoms with Crippen LogP contribution in [-0.2, 0) is 4.79 Å². The van der Waals surface area contributed by atoms with Gasteiger partial charge in [0.2, 0.25) is 0 Å². The number of amides is 1. The maximum absolute atomic E-state index is 13.7. The molecule has 1 amide bonds. The van der Waals surface area contributed by atoms with Crippen LogP contribution in [0.1, 0.15) is 5.56 Å². The number of anilines is 1. The molecule has 7 nitrogen and oxygen atoms in total. The van der Waals surface area contributed by atoms with Crippen molar-refractivity contribution in [3.8, 4) is 11.8 Å². The Balaban J connectivity index is 2.25. The first kappa shape index (κ1) is 17.6. The number of halogens is 1. The van der Waals surface area contributed by atoms with Gasteiger partial charge < -0.3 is 10.1 Å². The van der Waals surface area contributed by atoms with Gasteiger partial charge in [0.1, 0.15) is 23.2 Å². The Morgan fingerprint density at radius 2 is 2.00 bits per heavy atom. The summed E-state index contributed by atoms with van der Waals surface area (Å²) in [7, 11) is 1.51. The Bertz CT molecular complexity index is 886. The topological polar surface area (TPSA) is 105 Å². The first-order valence-electron chi connectivity index (χ1n) is 6.95. The second-order valence-corrected chi connectivity index (χ2v) is 4.82. The molecule has 0 aromatic heterocycles. The predicted octanol–water partition coefficient (Wildman–Crippen LogP) is 3.29. The molecule has 1 N–H and O–H groups in total. The van der Waals surface area contributed by atoms with E-state index in [0.717, 1.165) is 18.2 Å². The van der Waals surface area contributed by atoms with E-state index >= 15 is 0 Å². The van der Waals surface area contributed by atoms with E-state index in [1.54, 1.807) is 30.3 Å². The van der Waals surface area contributed by atoms with Crippen molar-refractivity contribution in [2.24, 2.45) is 0 Å². The number of hydrogen-bond donors (Lipinski definition) is 1. The van der Waals surface area contributed by atoms with Crippen molar-refractivity contribution in [3.63, 3.8) is 0 Å². The number of nitro groups is 1. The smallest absolute Gasteiger partial charge is 0.271 e. The number of nitrogens with one attached hydrogen (secondary N) is 1. The van der Waals surface area contributed by atoms with Gasteiger partial charge in [0, 0.05) is 12.1 Å². The lowest BCUT2D eigenvalue weighted by atomic mass is 10.1. The lowest BCUT2D eigenvalue weighted by Gasteiger charge is -2.06. The molecular weight excluding hydrogens is 329 g/mol. The van der Waals surface area contributed by atoms with Crippen molar-refractivity contribution in [1.82, 2.24) is 0 Å². The molecule has 0 aliphatic rings. The van der Waals surface area contributed by atoms with Gasteiger partial charge in [0.15, 0.2) is 0 Å². The van der Waals surface area contributed by atoms with E-state index in [2.05, 4.69) is 5.32 Å². The molecule has 2 rings (SSSR count). The second kappa shape index (κ2) is 7.70. The number of ether oxygens (including phenoxy) is 1. The van der Waals surface area contributed by atoms with Crippen LogP contribution in [0.3, 0.4) is 0 Å². The SMILES string of the molecule is COc1ccc(/C=C(/C#N)C(=O)Nc2cc([N+](=O)[O-])ccc2F)cc1.